The van der Waals surface area contributed by atoms with Crippen LogP contribution in [0.15, 0.2) is 41.3 Å². The van der Waals surface area contributed by atoms with Crippen molar-refractivity contribution in [2.24, 2.45) is 0 Å². The van der Waals surface area contributed by atoms with Gasteiger partial charge in [0, 0.05) is 43.9 Å². The molecule has 8 nitrogen and oxygen atoms in total. The SMILES string of the molecule is O=C(c1cccc([N+](=O)[O-])c1)N1CCN(S(=O)(=O)c2ccc(F)c(F)c2F)CC1. The average molecular weight is 429 g/mol. The monoisotopic (exact) mass is 429 g/mol. The van der Waals surface area contributed by atoms with Crippen LogP contribution in [0.5, 0.6) is 0 Å². The predicted octanol–water partition coefficient (Wildman–Crippen LogP) is 2.16. The molecule has 1 saturated heterocycles. The summed E-state index contributed by atoms with van der Waals surface area (Å²) in [7, 11) is -4.44. The molecule has 0 saturated carbocycles. The van der Waals surface area contributed by atoms with Crippen LogP contribution in [0.4, 0.5) is 18.9 Å². The lowest BCUT2D eigenvalue weighted by Crippen LogP contribution is -2.50. The number of rotatable bonds is 4. The lowest BCUT2D eigenvalue weighted by Gasteiger charge is -2.34. The van der Waals surface area contributed by atoms with Gasteiger partial charge in [0.05, 0.1) is 4.92 Å². The van der Waals surface area contributed by atoms with E-state index in [1.807, 2.05) is 0 Å². The van der Waals surface area contributed by atoms with Crippen LogP contribution in [0.2, 0.25) is 0 Å². The zero-order chi connectivity index (χ0) is 21.3. The van der Waals surface area contributed by atoms with Gasteiger partial charge in [0.1, 0.15) is 4.90 Å². The Kier molecular flexibility index (Phi) is 5.57. The normalized spacial score (nSPS) is 15.3. The fraction of sp³-hybridized carbons (Fsp3) is 0.235. The van der Waals surface area contributed by atoms with Crippen LogP contribution in [-0.2, 0) is 10.0 Å². The molecule has 0 bridgehead atoms. The van der Waals surface area contributed by atoms with Crippen LogP contribution in [0.3, 0.4) is 0 Å². The fourth-order valence-corrected chi connectivity index (χ4v) is 4.39. The van der Waals surface area contributed by atoms with Gasteiger partial charge in [-0.2, -0.15) is 4.31 Å². The van der Waals surface area contributed by atoms with Gasteiger partial charge >= 0.3 is 0 Å². The van der Waals surface area contributed by atoms with Crippen molar-refractivity contribution in [2.45, 2.75) is 4.90 Å². The molecule has 0 aliphatic carbocycles. The van der Waals surface area contributed by atoms with E-state index in [2.05, 4.69) is 0 Å². The maximum absolute atomic E-state index is 13.9. The summed E-state index contributed by atoms with van der Waals surface area (Å²) in [6.45, 7) is -0.541. The Bertz CT molecular complexity index is 1090. The number of non-ortho nitro benzene ring substituents is 1. The van der Waals surface area contributed by atoms with Crippen molar-refractivity contribution in [2.75, 3.05) is 26.2 Å². The van der Waals surface area contributed by atoms with Crippen LogP contribution in [0.25, 0.3) is 0 Å². The Morgan fingerprint density at radius 2 is 1.66 bits per heavy atom. The Balaban J connectivity index is 1.75. The Hall–Kier alpha value is -2.99. The van der Waals surface area contributed by atoms with E-state index >= 15 is 0 Å². The Morgan fingerprint density at radius 3 is 2.28 bits per heavy atom. The molecule has 0 aromatic heterocycles. The van der Waals surface area contributed by atoms with E-state index < -0.39 is 43.2 Å². The highest BCUT2D eigenvalue weighted by Crippen LogP contribution is 2.24. The van der Waals surface area contributed by atoms with Crippen LogP contribution >= 0.6 is 0 Å². The lowest BCUT2D eigenvalue weighted by molar-refractivity contribution is -0.384. The first-order valence-corrected chi connectivity index (χ1v) is 9.74. The average Bonchev–Trinajstić information content (AvgIpc) is 2.71. The largest absolute Gasteiger partial charge is 0.336 e. The minimum atomic E-state index is -4.44. The molecule has 1 aliphatic heterocycles. The predicted molar refractivity (Wildman–Crippen MR) is 94.1 cm³/mol. The van der Waals surface area contributed by atoms with Crippen molar-refractivity contribution in [3.63, 3.8) is 0 Å². The molecule has 1 aliphatic rings. The summed E-state index contributed by atoms with van der Waals surface area (Å²) < 4.78 is 66.3. The maximum Gasteiger partial charge on any atom is 0.270 e. The number of carbonyl (C=O) groups excluding carboxylic acids is 1. The lowest BCUT2D eigenvalue weighted by atomic mass is 10.1. The molecule has 1 fully saturated rings. The molecule has 1 amide bonds. The molecule has 0 radical (unpaired) electrons. The molecule has 1 heterocycles. The third-order valence-corrected chi connectivity index (χ3v) is 6.36. The molecule has 2 aromatic carbocycles. The summed E-state index contributed by atoms with van der Waals surface area (Å²) in [5, 5.41) is 10.8. The fourth-order valence-electron chi connectivity index (χ4n) is 2.91. The molecule has 0 N–H and O–H groups in total. The third-order valence-electron chi connectivity index (χ3n) is 4.45. The summed E-state index contributed by atoms with van der Waals surface area (Å²) in [6.07, 6.45) is 0. The zero-order valence-electron chi connectivity index (χ0n) is 14.7. The molecule has 0 unspecified atom stereocenters. The second-order valence-electron chi connectivity index (χ2n) is 6.18. The number of hydrogen-bond acceptors (Lipinski definition) is 5. The highest BCUT2D eigenvalue weighted by atomic mass is 32.2. The number of halogens is 3. The zero-order valence-corrected chi connectivity index (χ0v) is 15.5. The quantitative estimate of drug-likeness (QED) is 0.421. The van der Waals surface area contributed by atoms with Gasteiger partial charge in [0.25, 0.3) is 11.6 Å². The van der Waals surface area contributed by atoms with Gasteiger partial charge in [-0.05, 0) is 18.2 Å². The molecule has 2 aromatic rings. The van der Waals surface area contributed by atoms with Crippen molar-refractivity contribution in [3.8, 4) is 0 Å². The van der Waals surface area contributed by atoms with Crippen LogP contribution in [0.1, 0.15) is 10.4 Å². The summed E-state index contributed by atoms with van der Waals surface area (Å²) in [4.78, 5) is 23.0. The second-order valence-corrected chi connectivity index (χ2v) is 8.08. The van der Waals surface area contributed by atoms with Crippen molar-refractivity contribution in [3.05, 3.63) is 69.5 Å². The number of nitrogens with zero attached hydrogens (tertiary/aromatic N) is 3. The summed E-state index contributed by atoms with van der Waals surface area (Å²) in [5.74, 6) is -5.72. The van der Waals surface area contributed by atoms with E-state index in [-0.39, 0.29) is 37.4 Å². The first-order chi connectivity index (χ1) is 13.6. The number of piperazine rings is 1. The summed E-state index contributed by atoms with van der Waals surface area (Å²) >= 11 is 0. The third kappa shape index (κ3) is 3.93. The summed E-state index contributed by atoms with van der Waals surface area (Å²) in [5.41, 5.74) is -0.187. The number of nitro benzene ring substituents is 1. The minimum Gasteiger partial charge on any atom is -0.336 e. The van der Waals surface area contributed by atoms with Crippen LogP contribution in [0, 0.1) is 27.6 Å². The van der Waals surface area contributed by atoms with Gasteiger partial charge in [-0.3, -0.25) is 14.9 Å². The van der Waals surface area contributed by atoms with E-state index in [1.54, 1.807) is 0 Å². The molecule has 0 atom stereocenters. The molecule has 12 heteroatoms. The Morgan fingerprint density at radius 1 is 1.00 bits per heavy atom. The number of amides is 1. The van der Waals surface area contributed by atoms with Gasteiger partial charge in [-0.1, -0.05) is 6.07 Å². The highest BCUT2D eigenvalue weighted by Gasteiger charge is 2.33. The first kappa shape index (κ1) is 20.7. The van der Waals surface area contributed by atoms with Gasteiger partial charge in [-0.15, -0.1) is 0 Å². The van der Waals surface area contributed by atoms with Gasteiger partial charge in [-0.25, -0.2) is 21.6 Å². The van der Waals surface area contributed by atoms with Gasteiger partial charge in [0.2, 0.25) is 10.0 Å². The Labute approximate surface area is 163 Å². The maximum atomic E-state index is 13.9. The highest BCUT2D eigenvalue weighted by molar-refractivity contribution is 7.89. The molecule has 154 valence electrons. The molecule has 3 rings (SSSR count). The number of nitro groups is 1. The number of benzene rings is 2. The first-order valence-electron chi connectivity index (χ1n) is 8.30. The standard InChI is InChI=1S/C17H14F3N3O5S/c18-13-4-5-14(16(20)15(13)19)29(27,28)22-8-6-21(7-9-22)17(24)11-2-1-3-12(10-11)23(25)26/h1-5,10H,6-9H2. The van der Waals surface area contributed by atoms with E-state index in [9.17, 15) is 36.5 Å². The minimum absolute atomic E-state index is 0.0634. The second kappa shape index (κ2) is 7.79. The van der Waals surface area contributed by atoms with E-state index in [4.69, 9.17) is 0 Å². The van der Waals surface area contributed by atoms with Crippen LogP contribution in [-0.4, -0.2) is 54.6 Å². The van der Waals surface area contributed by atoms with Crippen LogP contribution < -0.4 is 0 Å². The number of hydrogen-bond donors (Lipinski definition) is 0. The van der Waals surface area contributed by atoms with Crippen molar-refractivity contribution >= 4 is 21.6 Å². The van der Waals surface area contributed by atoms with Crippen molar-refractivity contribution in [1.82, 2.24) is 9.21 Å². The smallest absolute Gasteiger partial charge is 0.270 e. The van der Waals surface area contributed by atoms with E-state index in [1.165, 1.54) is 23.1 Å². The van der Waals surface area contributed by atoms with Crippen molar-refractivity contribution < 1.29 is 31.3 Å². The topological polar surface area (TPSA) is 101 Å². The van der Waals surface area contributed by atoms with E-state index in [0.29, 0.717) is 12.1 Å². The van der Waals surface area contributed by atoms with E-state index in [0.717, 1.165) is 10.4 Å². The number of sulfonamides is 1. The molecular weight excluding hydrogens is 415 g/mol. The molecule has 0 spiro atoms. The molecule has 29 heavy (non-hydrogen) atoms. The van der Waals surface area contributed by atoms with Gasteiger partial charge in [0.15, 0.2) is 17.5 Å². The summed E-state index contributed by atoms with van der Waals surface area (Å²) in [6, 6.07) is 6.27. The van der Waals surface area contributed by atoms with Crippen molar-refractivity contribution in [1.29, 1.82) is 0 Å². The molecular formula is C17H14F3N3O5S. The van der Waals surface area contributed by atoms with Gasteiger partial charge < -0.3 is 4.90 Å². The number of carbonyl (C=O) groups is 1.